The number of carbonyl (C=O) groups is 1. The van der Waals surface area contributed by atoms with Crippen molar-refractivity contribution in [3.63, 3.8) is 0 Å². The molecule has 2 atom stereocenters. The fourth-order valence-corrected chi connectivity index (χ4v) is 3.36. The van der Waals surface area contributed by atoms with Gasteiger partial charge >= 0.3 is 0 Å². The molecule has 5 heteroatoms. The van der Waals surface area contributed by atoms with E-state index >= 15 is 0 Å². The Bertz CT molecular complexity index is 666. The zero-order valence-electron chi connectivity index (χ0n) is 12.7. The Labute approximate surface area is 133 Å². The number of thiazole rings is 1. The fraction of sp³-hybridized carbons (Fsp3) is 0.412. The average Bonchev–Trinajstić information content (AvgIpc) is 3.06. The molecule has 1 N–H and O–H groups in total. The minimum absolute atomic E-state index is 0.00946. The Morgan fingerprint density at radius 2 is 2.14 bits per heavy atom. The molecular weight excluding hydrogens is 299 g/mol. The van der Waals surface area contributed by atoms with Crippen LogP contribution in [0.4, 0.5) is 4.39 Å². The van der Waals surface area contributed by atoms with Gasteiger partial charge in [-0.3, -0.25) is 4.79 Å². The molecule has 22 heavy (non-hydrogen) atoms. The molecule has 1 aromatic carbocycles. The number of nitrogens with one attached hydrogen (secondary N) is 1. The van der Waals surface area contributed by atoms with E-state index in [4.69, 9.17) is 0 Å². The maximum absolute atomic E-state index is 12.9. The summed E-state index contributed by atoms with van der Waals surface area (Å²) in [6.45, 7) is 4.19. The summed E-state index contributed by atoms with van der Waals surface area (Å²) in [5.41, 5.74) is 1.92. The van der Waals surface area contributed by atoms with Crippen molar-refractivity contribution >= 4 is 17.2 Å². The molecule has 0 spiro atoms. The van der Waals surface area contributed by atoms with E-state index in [1.54, 1.807) is 23.5 Å². The van der Waals surface area contributed by atoms with Crippen molar-refractivity contribution in [2.24, 2.45) is 0 Å². The molecule has 1 heterocycles. The number of nitrogens with zero attached hydrogens (tertiary/aromatic N) is 1. The minimum Gasteiger partial charge on any atom is -0.352 e. The van der Waals surface area contributed by atoms with Gasteiger partial charge in [0, 0.05) is 23.3 Å². The first-order chi connectivity index (χ1) is 10.5. The number of hydrogen-bond donors (Lipinski definition) is 1. The third-order valence-electron chi connectivity index (χ3n) is 3.84. The van der Waals surface area contributed by atoms with Gasteiger partial charge in [0.1, 0.15) is 5.82 Å². The van der Waals surface area contributed by atoms with Crippen molar-refractivity contribution < 1.29 is 9.18 Å². The van der Waals surface area contributed by atoms with Crippen LogP contribution in [0.25, 0.3) is 0 Å². The van der Waals surface area contributed by atoms with Gasteiger partial charge < -0.3 is 5.32 Å². The molecule has 0 bridgehead atoms. The minimum atomic E-state index is -0.227. The second kappa shape index (κ2) is 6.16. The molecule has 1 fully saturated rings. The van der Waals surface area contributed by atoms with Crippen LogP contribution in [0.2, 0.25) is 0 Å². The van der Waals surface area contributed by atoms with Gasteiger partial charge in [0.2, 0.25) is 5.91 Å². The van der Waals surface area contributed by atoms with Crippen molar-refractivity contribution in [2.45, 2.75) is 44.6 Å². The number of amides is 1. The summed E-state index contributed by atoms with van der Waals surface area (Å²) in [7, 11) is 0. The molecular formula is C17H19FN2OS. The second-order valence-corrected chi connectivity index (χ2v) is 6.97. The fourth-order valence-electron chi connectivity index (χ4n) is 2.52. The van der Waals surface area contributed by atoms with E-state index in [2.05, 4.69) is 24.1 Å². The van der Waals surface area contributed by atoms with E-state index in [9.17, 15) is 9.18 Å². The number of rotatable bonds is 5. The van der Waals surface area contributed by atoms with Crippen LogP contribution in [0, 0.1) is 5.82 Å². The third-order valence-corrected chi connectivity index (χ3v) is 5.03. The van der Waals surface area contributed by atoms with E-state index in [1.807, 2.05) is 5.38 Å². The summed E-state index contributed by atoms with van der Waals surface area (Å²) in [5.74, 6) is 0.490. The highest BCUT2D eigenvalue weighted by Gasteiger charge is 2.39. The number of halogens is 1. The van der Waals surface area contributed by atoms with Crippen LogP contribution in [-0.2, 0) is 11.2 Å². The first-order valence-electron chi connectivity index (χ1n) is 7.52. The van der Waals surface area contributed by atoms with Crippen molar-refractivity contribution in [1.29, 1.82) is 0 Å². The normalized spacial score (nSPS) is 20.2. The van der Waals surface area contributed by atoms with Gasteiger partial charge in [-0.15, -0.1) is 11.3 Å². The molecule has 3 rings (SSSR count). The molecule has 0 saturated heterocycles. The van der Waals surface area contributed by atoms with Gasteiger partial charge in [-0.2, -0.15) is 0 Å². The zero-order valence-corrected chi connectivity index (χ0v) is 13.5. The summed E-state index contributed by atoms with van der Waals surface area (Å²) in [6, 6.07) is 6.69. The summed E-state index contributed by atoms with van der Waals surface area (Å²) in [5, 5.41) is 6.06. The van der Waals surface area contributed by atoms with Gasteiger partial charge in [-0.25, -0.2) is 9.37 Å². The topological polar surface area (TPSA) is 42.0 Å². The van der Waals surface area contributed by atoms with Crippen LogP contribution in [-0.4, -0.2) is 16.9 Å². The Kier molecular flexibility index (Phi) is 4.25. The molecule has 0 aliphatic heterocycles. The quantitative estimate of drug-likeness (QED) is 0.915. The van der Waals surface area contributed by atoms with Crippen molar-refractivity contribution in [1.82, 2.24) is 10.3 Å². The first-order valence-corrected chi connectivity index (χ1v) is 8.40. The predicted molar refractivity (Wildman–Crippen MR) is 85.6 cm³/mol. The van der Waals surface area contributed by atoms with Crippen LogP contribution in [0.3, 0.4) is 0 Å². The van der Waals surface area contributed by atoms with Gasteiger partial charge in [0.15, 0.2) is 0 Å². The van der Waals surface area contributed by atoms with E-state index < -0.39 is 0 Å². The molecule has 1 aromatic heterocycles. The van der Waals surface area contributed by atoms with Gasteiger partial charge in [0.25, 0.3) is 0 Å². The standard InChI is InChI=1S/C17H19FN2OS/c1-10(2)17-19-13(9-22-17)7-16(21)20-15-8-14(15)11-3-5-12(18)6-4-11/h3-6,9-10,14-15H,7-8H2,1-2H3,(H,20,21)/t14-,15-/m1/s1. The van der Waals surface area contributed by atoms with Crippen LogP contribution in [0.1, 0.15) is 48.4 Å². The van der Waals surface area contributed by atoms with E-state index in [1.165, 1.54) is 12.1 Å². The zero-order chi connectivity index (χ0) is 15.7. The predicted octanol–water partition coefficient (Wildman–Crippen LogP) is 3.62. The summed E-state index contributed by atoms with van der Waals surface area (Å²) in [6.07, 6.45) is 1.25. The highest BCUT2D eigenvalue weighted by Crippen LogP contribution is 2.40. The Morgan fingerprint density at radius 1 is 1.41 bits per heavy atom. The average molecular weight is 318 g/mol. The lowest BCUT2D eigenvalue weighted by atomic mass is 10.1. The summed E-state index contributed by atoms with van der Waals surface area (Å²) >= 11 is 1.61. The largest absolute Gasteiger partial charge is 0.352 e. The smallest absolute Gasteiger partial charge is 0.226 e. The van der Waals surface area contributed by atoms with Crippen molar-refractivity contribution in [2.75, 3.05) is 0 Å². The summed E-state index contributed by atoms with van der Waals surface area (Å²) < 4.78 is 12.9. The SMILES string of the molecule is CC(C)c1nc(CC(=O)N[C@@H]2C[C@@H]2c2ccc(F)cc2)cs1. The Balaban J connectivity index is 1.51. The highest BCUT2D eigenvalue weighted by molar-refractivity contribution is 7.09. The number of carbonyl (C=O) groups excluding carboxylic acids is 1. The molecule has 0 unspecified atom stereocenters. The number of benzene rings is 1. The van der Waals surface area contributed by atoms with Crippen LogP contribution >= 0.6 is 11.3 Å². The molecule has 2 aromatic rings. The monoisotopic (exact) mass is 318 g/mol. The molecule has 3 nitrogen and oxygen atoms in total. The first kappa shape index (κ1) is 15.2. The lowest BCUT2D eigenvalue weighted by molar-refractivity contribution is -0.120. The molecule has 1 aliphatic rings. The number of aromatic nitrogens is 1. The molecule has 116 valence electrons. The molecule has 0 radical (unpaired) electrons. The molecule has 1 amide bonds. The van der Waals surface area contributed by atoms with Crippen molar-refractivity contribution in [3.05, 3.63) is 51.7 Å². The van der Waals surface area contributed by atoms with Gasteiger partial charge in [-0.1, -0.05) is 26.0 Å². The van der Waals surface area contributed by atoms with E-state index in [-0.39, 0.29) is 17.8 Å². The van der Waals surface area contributed by atoms with E-state index in [0.29, 0.717) is 18.3 Å². The maximum atomic E-state index is 12.9. The number of hydrogen-bond acceptors (Lipinski definition) is 3. The van der Waals surface area contributed by atoms with Crippen LogP contribution in [0.5, 0.6) is 0 Å². The second-order valence-electron chi connectivity index (χ2n) is 6.08. The van der Waals surface area contributed by atoms with Crippen LogP contribution < -0.4 is 5.32 Å². The Morgan fingerprint density at radius 3 is 2.77 bits per heavy atom. The third kappa shape index (κ3) is 3.53. The summed E-state index contributed by atoms with van der Waals surface area (Å²) in [4.78, 5) is 16.5. The lowest BCUT2D eigenvalue weighted by Gasteiger charge is -2.04. The van der Waals surface area contributed by atoms with Crippen molar-refractivity contribution in [3.8, 4) is 0 Å². The molecule has 1 saturated carbocycles. The van der Waals surface area contributed by atoms with E-state index in [0.717, 1.165) is 22.7 Å². The lowest BCUT2D eigenvalue weighted by Crippen LogP contribution is -2.28. The van der Waals surface area contributed by atoms with Crippen LogP contribution in [0.15, 0.2) is 29.6 Å². The maximum Gasteiger partial charge on any atom is 0.226 e. The van der Waals surface area contributed by atoms with Gasteiger partial charge in [0.05, 0.1) is 17.1 Å². The molecule has 1 aliphatic carbocycles. The highest BCUT2D eigenvalue weighted by atomic mass is 32.1. The Hall–Kier alpha value is -1.75. The van der Waals surface area contributed by atoms with Gasteiger partial charge in [-0.05, 0) is 24.1 Å².